The van der Waals surface area contributed by atoms with Crippen LogP contribution >= 0.6 is 0 Å². The summed E-state index contributed by atoms with van der Waals surface area (Å²) in [5, 5.41) is 2.69. The summed E-state index contributed by atoms with van der Waals surface area (Å²) >= 11 is 0. The van der Waals surface area contributed by atoms with Gasteiger partial charge in [0, 0.05) is 0 Å². The lowest BCUT2D eigenvalue weighted by Gasteiger charge is -2.20. The zero-order chi connectivity index (χ0) is 11.6. The van der Waals surface area contributed by atoms with Gasteiger partial charge < -0.3 is 0 Å². The largest absolute Gasteiger partial charge is 0.0691 e. The highest BCUT2D eigenvalue weighted by molar-refractivity contribution is 6.77. The number of fused-ring (bicyclic) bond motifs is 1. The third kappa shape index (κ3) is 2.53. The third-order valence-corrected chi connectivity index (χ3v) is 5.89. The summed E-state index contributed by atoms with van der Waals surface area (Å²) in [6.45, 7) is 8.90. The second kappa shape index (κ2) is 4.42. The summed E-state index contributed by atoms with van der Waals surface area (Å²) in [7, 11) is -1.12. The first-order chi connectivity index (χ1) is 7.61. The van der Waals surface area contributed by atoms with Crippen molar-refractivity contribution in [2.75, 3.05) is 0 Å². The topological polar surface area (TPSA) is 0 Å². The number of hydrogen-bond donors (Lipinski definition) is 0. The van der Waals surface area contributed by atoms with Crippen molar-refractivity contribution in [2.24, 2.45) is 0 Å². The SMILES string of the molecule is [CH2]C[Si](C)(C)Cc1ccc2ccccc2c1. The predicted molar refractivity (Wildman–Crippen MR) is 75.3 cm³/mol. The van der Waals surface area contributed by atoms with Gasteiger partial charge in [-0.15, -0.1) is 0 Å². The number of hydrogen-bond acceptors (Lipinski definition) is 0. The lowest BCUT2D eigenvalue weighted by atomic mass is 10.1. The van der Waals surface area contributed by atoms with E-state index in [0.29, 0.717) is 0 Å². The van der Waals surface area contributed by atoms with Gasteiger partial charge in [-0.1, -0.05) is 74.1 Å². The maximum Gasteiger partial charge on any atom is 0.0517 e. The molecule has 0 nitrogen and oxygen atoms in total. The summed E-state index contributed by atoms with van der Waals surface area (Å²) < 4.78 is 0. The molecule has 16 heavy (non-hydrogen) atoms. The average molecular weight is 227 g/mol. The number of rotatable bonds is 3. The van der Waals surface area contributed by atoms with E-state index in [9.17, 15) is 0 Å². The average Bonchev–Trinajstić information content (AvgIpc) is 2.28. The lowest BCUT2D eigenvalue weighted by Crippen LogP contribution is -2.27. The van der Waals surface area contributed by atoms with Crippen LogP contribution in [-0.2, 0) is 6.04 Å². The molecule has 0 aliphatic carbocycles. The molecule has 0 aliphatic heterocycles. The normalized spacial score (nSPS) is 11.9. The molecule has 0 atom stereocenters. The van der Waals surface area contributed by atoms with Crippen molar-refractivity contribution in [3.05, 3.63) is 55.0 Å². The van der Waals surface area contributed by atoms with E-state index in [0.717, 1.165) is 6.04 Å². The Morgan fingerprint density at radius 3 is 2.38 bits per heavy atom. The molecule has 2 aromatic rings. The first kappa shape index (κ1) is 11.4. The molecule has 2 aromatic carbocycles. The third-order valence-electron chi connectivity index (χ3n) is 3.17. The van der Waals surface area contributed by atoms with Crippen molar-refractivity contribution >= 4 is 18.8 Å². The molecule has 0 saturated carbocycles. The van der Waals surface area contributed by atoms with E-state index < -0.39 is 8.07 Å². The van der Waals surface area contributed by atoms with Gasteiger partial charge in [0.2, 0.25) is 0 Å². The first-order valence-electron chi connectivity index (χ1n) is 5.88. The van der Waals surface area contributed by atoms with Crippen molar-refractivity contribution in [1.29, 1.82) is 0 Å². The minimum Gasteiger partial charge on any atom is -0.0691 e. The Bertz CT molecular complexity index is 486. The molecular formula is C15H19Si. The van der Waals surface area contributed by atoms with Crippen LogP contribution in [0.4, 0.5) is 0 Å². The standard InChI is InChI=1S/C15H19Si/c1-4-16(2,3)12-13-9-10-14-7-5-6-8-15(14)11-13/h5-11H,1,4,12H2,2-3H3. The zero-order valence-corrected chi connectivity index (χ0v) is 11.2. The van der Waals surface area contributed by atoms with Crippen LogP contribution in [-0.4, -0.2) is 8.07 Å². The second-order valence-corrected chi connectivity index (χ2v) is 10.5. The van der Waals surface area contributed by atoms with Crippen molar-refractivity contribution < 1.29 is 0 Å². The Morgan fingerprint density at radius 2 is 1.69 bits per heavy atom. The molecule has 2 rings (SSSR count). The molecule has 0 spiro atoms. The highest BCUT2D eigenvalue weighted by Crippen LogP contribution is 2.20. The van der Waals surface area contributed by atoms with Crippen LogP contribution in [0.2, 0.25) is 19.1 Å². The molecule has 83 valence electrons. The van der Waals surface area contributed by atoms with Crippen LogP contribution in [0.15, 0.2) is 42.5 Å². The van der Waals surface area contributed by atoms with Gasteiger partial charge in [-0.05, 0) is 16.8 Å². The van der Waals surface area contributed by atoms with Crippen molar-refractivity contribution in [1.82, 2.24) is 0 Å². The van der Waals surface area contributed by atoms with Gasteiger partial charge in [-0.2, -0.15) is 0 Å². The van der Waals surface area contributed by atoms with Gasteiger partial charge in [0.15, 0.2) is 0 Å². The summed E-state index contributed by atoms with van der Waals surface area (Å²) in [4.78, 5) is 0. The molecule has 0 aromatic heterocycles. The molecule has 0 bridgehead atoms. The molecular weight excluding hydrogens is 208 g/mol. The minimum absolute atomic E-state index is 1.11. The van der Waals surface area contributed by atoms with Gasteiger partial charge in [-0.25, -0.2) is 0 Å². The van der Waals surface area contributed by atoms with E-state index in [1.54, 1.807) is 0 Å². The molecule has 0 heterocycles. The quantitative estimate of drug-likeness (QED) is 0.679. The van der Waals surface area contributed by atoms with Crippen LogP contribution in [0.3, 0.4) is 0 Å². The van der Waals surface area contributed by atoms with Crippen LogP contribution < -0.4 is 0 Å². The van der Waals surface area contributed by atoms with Crippen LogP contribution in [0, 0.1) is 6.92 Å². The smallest absolute Gasteiger partial charge is 0.0517 e. The molecule has 1 radical (unpaired) electrons. The Kier molecular flexibility index (Phi) is 3.15. The fourth-order valence-corrected chi connectivity index (χ4v) is 3.49. The lowest BCUT2D eigenvalue weighted by molar-refractivity contribution is 1.28. The van der Waals surface area contributed by atoms with Crippen molar-refractivity contribution in [3.8, 4) is 0 Å². The first-order valence-corrected chi connectivity index (χ1v) is 9.29. The van der Waals surface area contributed by atoms with Crippen LogP contribution in [0.1, 0.15) is 5.56 Å². The second-order valence-electron chi connectivity index (χ2n) is 5.27. The Labute approximate surface area is 99.3 Å². The van der Waals surface area contributed by atoms with E-state index in [4.69, 9.17) is 0 Å². The summed E-state index contributed by atoms with van der Waals surface area (Å²) in [6, 6.07) is 17.7. The highest BCUT2D eigenvalue weighted by Gasteiger charge is 2.18. The zero-order valence-electron chi connectivity index (χ0n) is 10.2. The fourth-order valence-electron chi connectivity index (χ4n) is 1.99. The van der Waals surface area contributed by atoms with Crippen molar-refractivity contribution in [3.63, 3.8) is 0 Å². The van der Waals surface area contributed by atoms with Gasteiger partial charge in [0.1, 0.15) is 0 Å². The molecule has 0 aliphatic rings. The van der Waals surface area contributed by atoms with E-state index in [2.05, 4.69) is 62.5 Å². The van der Waals surface area contributed by atoms with E-state index in [-0.39, 0.29) is 0 Å². The fraction of sp³-hybridized carbons (Fsp3) is 0.267. The number of benzene rings is 2. The van der Waals surface area contributed by atoms with Gasteiger partial charge in [0.05, 0.1) is 8.07 Å². The van der Waals surface area contributed by atoms with Gasteiger partial charge >= 0.3 is 0 Å². The molecule has 0 saturated heterocycles. The summed E-state index contributed by atoms with van der Waals surface area (Å²) in [5.41, 5.74) is 1.47. The molecule has 0 fully saturated rings. The Hall–Kier alpha value is -1.08. The monoisotopic (exact) mass is 227 g/mol. The maximum absolute atomic E-state index is 4.08. The van der Waals surface area contributed by atoms with E-state index in [1.165, 1.54) is 22.4 Å². The van der Waals surface area contributed by atoms with E-state index in [1.807, 2.05) is 0 Å². The Morgan fingerprint density at radius 1 is 1.00 bits per heavy atom. The van der Waals surface area contributed by atoms with Crippen LogP contribution in [0.5, 0.6) is 0 Å². The van der Waals surface area contributed by atoms with Gasteiger partial charge in [-0.3, -0.25) is 0 Å². The minimum atomic E-state index is -1.12. The van der Waals surface area contributed by atoms with Gasteiger partial charge in [0.25, 0.3) is 0 Å². The predicted octanol–water partition coefficient (Wildman–Crippen LogP) is 4.46. The maximum atomic E-state index is 4.08. The molecule has 0 amide bonds. The molecule has 0 N–H and O–H groups in total. The Balaban J connectivity index is 2.33. The summed E-state index contributed by atoms with van der Waals surface area (Å²) in [6.07, 6.45) is 0. The van der Waals surface area contributed by atoms with Crippen molar-refractivity contribution in [2.45, 2.75) is 25.2 Å². The highest BCUT2D eigenvalue weighted by atomic mass is 28.3. The summed E-state index contributed by atoms with van der Waals surface area (Å²) in [5.74, 6) is 0. The van der Waals surface area contributed by atoms with E-state index >= 15 is 0 Å². The molecule has 1 heteroatoms. The van der Waals surface area contributed by atoms with Crippen LogP contribution in [0.25, 0.3) is 10.8 Å². The molecule has 0 unspecified atom stereocenters.